The van der Waals surface area contributed by atoms with Crippen molar-refractivity contribution in [3.05, 3.63) is 35.6 Å². The second kappa shape index (κ2) is 4.87. The maximum Gasteiger partial charge on any atom is 0.244 e. The van der Waals surface area contributed by atoms with Crippen LogP contribution in [0.5, 0.6) is 0 Å². The number of halogens is 1. The highest BCUT2D eigenvalue weighted by atomic mass is 19.1. The molecule has 2 rings (SSSR count). The molecule has 0 atom stereocenters. The maximum atomic E-state index is 13.1. The van der Waals surface area contributed by atoms with Gasteiger partial charge in [0.25, 0.3) is 0 Å². The predicted molar refractivity (Wildman–Crippen MR) is 73.3 cm³/mol. The minimum atomic E-state index is -0.274. The Kier molecular flexibility index (Phi) is 3.42. The van der Waals surface area contributed by atoms with Crippen LogP contribution in [0.1, 0.15) is 26.3 Å². The van der Waals surface area contributed by atoms with Crippen molar-refractivity contribution in [1.29, 1.82) is 0 Å². The van der Waals surface area contributed by atoms with Crippen molar-refractivity contribution < 1.29 is 4.39 Å². The van der Waals surface area contributed by atoms with Gasteiger partial charge in [0.15, 0.2) is 0 Å². The van der Waals surface area contributed by atoms with Gasteiger partial charge in [0.1, 0.15) is 5.82 Å². The van der Waals surface area contributed by atoms with Crippen molar-refractivity contribution in [1.82, 2.24) is 14.8 Å². The van der Waals surface area contributed by atoms with Crippen molar-refractivity contribution in [2.24, 2.45) is 0 Å². The number of nitrogens with two attached hydrogens (primary N) is 1. The number of hydrogen-bond donors (Lipinski definition) is 2. The van der Waals surface area contributed by atoms with Gasteiger partial charge in [0.05, 0.1) is 6.54 Å². The van der Waals surface area contributed by atoms with E-state index in [4.69, 9.17) is 5.73 Å². The summed E-state index contributed by atoms with van der Waals surface area (Å²) in [5.41, 5.74) is 6.45. The van der Waals surface area contributed by atoms with Crippen molar-refractivity contribution in [2.45, 2.75) is 32.9 Å². The van der Waals surface area contributed by atoms with Crippen molar-refractivity contribution >= 4 is 11.9 Å². The van der Waals surface area contributed by atoms with Crippen LogP contribution in [0.3, 0.4) is 0 Å². The molecule has 0 saturated heterocycles. The summed E-state index contributed by atoms with van der Waals surface area (Å²) in [6.45, 7) is 6.42. The zero-order valence-corrected chi connectivity index (χ0v) is 11.3. The van der Waals surface area contributed by atoms with E-state index in [1.165, 1.54) is 12.1 Å². The van der Waals surface area contributed by atoms with Crippen LogP contribution in [-0.2, 0) is 6.54 Å². The Morgan fingerprint density at radius 2 is 2.11 bits per heavy atom. The molecule has 102 valence electrons. The summed E-state index contributed by atoms with van der Waals surface area (Å²) in [5, 5.41) is 7.41. The number of rotatable bonds is 3. The zero-order valence-electron chi connectivity index (χ0n) is 11.3. The van der Waals surface area contributed by atoms with E-state index < -0.39 is 0 Å². The number of nitrogens with zero attached hydrogens (tertiary/aromatic N) is 3. The third-order valence-corrected chi connectivity index (χ3v) is 2.41. The van der Waals surface area contributed by atoms with E-state index in [1.54, 1.807) is 10.7 Å². The van der Waals surface area contributed by atoms with Crippen LogP contribution in [-0.4, -0.2) is 20.3 Å². The monoisotopic (exact) mass is 263 g/mol. The molecular weight excluding hydrogens is 245 g/mol. The molecule has 0 saturated carbocycles. The molecule has 1 aromatic carbocycles. The standard InChI is InChI=1S/C13H18FN5/c1-13(2,3)17-12-16-11(15)19(18-12)8-9-5-4-6-10(14)7-9/h4-7H,8H2,1-3H3,(H3,15,16,17,18). The first kappa shape index (κ1) is 13.3. The summed E-state index contributed by atoms with van der Waals surface area (Å²) in [6.07, 6.45) is 0. The largest absolute Gasteiger partial charge is 0.368 e. The fraction of sp³-hybridized carbons (Fsp3) is 0.385. The van der Waals surface area contributed by atoms with Crippen molar-refractivity contribution in [2.75, 3.05) is 11.1 Å². The number of nitrogens with one attached hydrogen (secondary N) is 1. The Morgan fingerprint density at radius 1 is 1.37 bits per heavy atom. The Bertz CT molecular complexity index is 571. The fourth-order valence-electron chi connectivity index (χ4n) is 1.67. The molecule has 5 nitrogen and oxygen atoms in total. The third kappa shape index (κ3) is 3.67. The second-order valence-corrected chi connectivity index (χ2v) is 5.46. The van der Waals surface area contributed by atoms with Crippen LogP contribution in [0.15, 0.2) is 24.3 Å². The minimum Gasteiger partial charge on any atom is -0.368 e. The van der Waals surface area contributed by atoms with Gasteiger partial charge in [-0.05, 0) is 38.5 Å². The molecule has 0 aliphatic rings. The SMILES string of the molecule is CC(C)(C)Nc1nc(N)n(Cc2cccc(F)c2)n1. The summed E-state index contributed by atoms with van der Waals surface area (Å²) in [7, 11) is 0. The van der Waals surface area contributed by atoms with Crippen LogP contribution in [0.2, 0.25) is 0 Å². The normalized spacial score (nSPS) is 11.6. The fourth-order valence-corrected chi connectivity index (χ4v) is 1.67. The lowest BCUT2D eigenvalue weighted by molar-refractivity contribution is 0.614. The van der Waals surface area contributed by atoms with Crippen molar-refractivity contribution in [3.63, 3.8) is 0 Å². The molecule has 1 aromatic heterocycles. The topological polar surface area (TPSA) is 68.8 Å². The van der Waals surface area contributed by atoms with Crippen molar-refractivity contribution in [3.8, 4) is 0 Å². The third-order valence-electron chi connectivity index (χ3n) is 2.41. The van der Waals surface area contributed by atoms with E-state index in [0.717, 1.165) is 5.56 Å². The summed E-state index contributed by atoms with van der Waals surface area (Å²) in [4.78, 5) is 4.14. The maximum absolute atomic E-state index is 13.1. The van der Waals surface area contributed by atoms with Gasteiger partial charge in [0, 0.05) is 5.54 Å². The number of hydrogen-bond acceptors (Lipinski definition) is 4. The molecule has 0 bridgehead atoms. The molecule has 3 N–H and O–H groups in total. The molecule has 1 heterocycles. The van der Waals surface area contributed by atoms with Gasteiger partial charge in [0.2, 0.25) is 11.9 Å². The van der Waals surface area contributed by atoms with E-state index in [-0.39, 0.29) is 11.4 Å². The Labute approximate surface area is 111 Å². The number of benzene rings is 1. The molecule has 0 radical (unpaired) electrons. The summed E-state index contributed by atoms with van der Waals surface area (Å²) in [5.74, 6) is 0.502. The van der Waals surface area contributed by atoms with Gasteiger partial charge in [-0.15, -0.1) is 5.10 Å². The van der Waals surface area contributed by atoms with E-state index in [0.29, 0.717) is 18.4 Å². The second-order valence-electron chi connectivity index (χ2n) is 5.46. The van der Waals surface area contributed by atoms with Crippen LogP contribution in [0.25, 0.3) is 0 Å². The molecule has 6 heteroatoms. The summed E-state index contributed by atoms with van der Waals surface area (Å²) >= 11 is 0. The lowest BCUT2D eigenvalue weighted by Crippen LogP contribution is -2.26. The number of aromatic nitrogens is 3. The van der Waals surface area contributed by atoms with Gasteiger partial charge in [-0.25, -0.2) is 9.07 Å². The zero-order chi connectivity index (χ0) is 14.0. The highest BCUT2D eigenvalue weighted by molar-refractivity contribution is 5.34. The van der Waals surface area contributed by atoms with Crippen LogP contribution in [0.4, 0.5) is 16.3 Å². The molecule has 0 unspecified atom stereocenters. The molecule has 0 spiro atoms. The van der Waals surface area contributed by atoms with E-state index in [2.05, 4.69) is 15.4 Å². The first-order chi connectivity index (χ1) is 8.83. The van der Waals surface area contributed by atoms with Crippen LogP contribution >= 0.6 is 0 Å². The molecule has 0 fully saturated rings. The Balaban J connectivity index is 2.17. The predicted octanol–water partition coefficient (Wildman–Crippen LogP) is 2.26. The quantitative estimate of drug-likeness (QED) is 0.891. The summed E-state index contributed by atoms with van der Waals surface area (Å²) < 4.78 is 14.7. The molecule has 19 heavy (non-hydrogen) atoms. The van der Waals surface area contributed by atoms with E-state index >= 15 is 0 Å². The van der Waals surface area contributed by atoms with E-state index in [9.17, 15) is 4.39 Å². The molecule has 0 amide bonds. The molecule has 0 aliphatic heterocycles. The molecule has 2 aromatic rings. The van der Waals surface area contributed by atoms with Crippen LogP contribution in [0, 0.1) is 5.82 Å². The number of nitrogen functional groups attached to an aromatic ring is 1. The average Bonchev–Trinajstić information content (AvgIpc) is 2.56. The Morgan fingerprint density at radius 3 is 2.74 bits per heavy atom. The lowest BCUT2D eigenvalue weighted by atomic mass is 10.1. The molecule has 0 aliphatic carbocycles. The first-order valence-electron chi connectivity index (χ1n) is 6.06. The van der Waals surface area contributed by atoms with E-state index in [1.807, 2.05) is 26.8 Å². The van der Waals surface area contributed by atoms with Gasteiger partial charge in [-0.2, -0.15) is 4.98 Å². The smallest absolute Gasteiger partial charge is 0.244 e. The highest BCUT2D eigenvalue weighted by Gasteiger charge is 2.14. The minimum absolute atomic E-state index is 0.141. The van der Waals surface area contributed by atoms with Crippen LogP contribution < -0.4 is 11.1 Å². The lowest BCUT2D eigenvalue weighted by Gasteiger charge is -2.18. The van der Waals surface area contributed by atoms with Gasteiger partial charge in [-0.3, -0.25) is 0 Å². The van der Waals surface area contributed by atoms with Gasteiger partial charge >= 0.3 is 0 Å². The van der Waals surface area contributed by atoms with Gasteiger partial charge < -0.3 is 11.1 Å². The first-order valence-corrected chi connectivity index (χ1v) is 6.06. The van der Waals surface area contributed by atoms with Gasteiger partial charge in [-0.1, -0.05) is 12.1 Å². The Hall–Kier alpha value is -2.11. The number of anilines is 2. The molecular formula is C13H18FN5. The average molecular weight is 263 g/mol. The summed E-state index contributed by atoms with van der Waals surface area (Å²) in [6, 6.07) is 6.34. The highest BCUT2D eigenvalue weighted by Crippen LogP contribution is 2.14.